The zero-order chi connectivity index (χ0) is 10.7. The number of ketones is 1. The van der Waals surface area contributed by atoms with Crippen LogP contribution in [0.25, 0.3) is 0 Å². The minimum Gasteiger partial charge on any atom is -0.287 e. The van der Waals surface area contributed by atoms with Gasteiger partial charge in [-0.1, -0.05) is 11.6 Å². The van der Waals surface area contributed by atoms with Crippen molar-refractivity contribution in [1.82, 2.24) is 0 Å². The van der Waals surface area contributed by atoms with E-state index in [1.165, 1.54) is 12.1 Å². The molecule has 1 aromatic rings. The van der Waals surface area contributed by atoms with Crippen molar-refractivity contribution in [2.45, 2.75) is 0 Å². The minimum atomic E-state index is -0.846. The highest BCUT2D eigenvalue weighted by atomic mass is 35.5. The summed E-state index contributed by atoms with van der Waals surface area (Å²) >= 11 is 5.37. The molecule has 0 fully saturated rings. The highest BCUT2D eigenvalue weighted by Crippen LogP contribution is 2.15. The number of carbonyl (C=O) groups excluding carboxylic acids is 1. The largest absolute Gasteiger partial charge is 0.287 e. The third-order valence-corrected chi connectivity index (χ3v) is 1.82. The van der Waals surface area contributed by atoms with Crippen LogP contribution in [0.3, 0.4) is 0 Å². The Bertz CT molecular complexity index is 394. The van der Waals surface area contributed by atoms with E-state index < -0.39 is 23.1 Å². The summed E-state index contributed by atoms with van der Waals surface area (Å²) in [5.74, 6) is -1.51. The van der Waals surface area contributed by atoms with E-state index in [0.717, 1.165) is 6.07 Å². The third kappa shape index (κ3) is 2.50. The summed E-state index contributed by atoms with van der Waals surface area (Å²) in [6.07, 6.45) is 0. The Hall–Kier alpha value is -1.49. The van der Waals surface area contributed by atoms with E-state index in [4.69, 9.17) is 11.6 Å². The number of nitro groups is 1. The molecule has 0 spiro atoms. The van der Waals surface area contributed by atoms with Gasteiger partial charge in [0.2, 0.25) is 5.78 Å². The van der Waals surface area contributed by atoms with Crippen molar-refractivity contribution in [2.24, 2.45) is 0 Å². The number of nitrogens with zero attached hydrogens (tertiary/aromatic N) is 1. The van der Waals surface area contributed by atoms with Crippen LogP contribution in [0, 0.1) is 15.9 Å². The zero-order valence-electron chi connectivity index (χ0n) is 6.87. The Kier molecular flexibility index (Phi) is 3.14. The Balaban J connectivity index is 2.91. The van der Waals surface area contributed by atoms with Crippen LogP contribution in [0.5, 0.6) is 0 Å². The van der Waals surface area contributed by atoms with Crippen LogP contribution in [0.1, 0.15) is 10.4 Å². The standard InChI is InChI=1S/C8H5ClFNO3/c9-6-2-1-5(3-7(6)10)8(12)4-11(13)14/h1-3H,4H2. The van der Waals surface area contributed by atoms with E-state index in [9.17, 15) is 19.3 Å². The molecule has 0 unspecified atom stereocenters. The van der Waals surface area contributed by atoms with Gasteiger partial charge < -0.3 is 0 Å². The molecule has 1 aromatic carbocycles. The predicted octanol–water partition coefficient (Wildman–Crippen LogP) is 1.94. The molecular weight excluding hydrogens is 213 g/mol. The molecule has 0 aromatic heterocycles. The van der Waals surface area contributed by atoms with Crippen LogP contribution in [0.15, 0.2) is 18.2 Å². The van der Waals surface area contributed by atoms with Gasteiger partial charge in [0.05, 0.1) is 5.02 Å². The summed E-state index contributed by atoms with van der Waals surface area (Å²) in [5.41, 5.74) is -0.0522. The Morgan fingerprint density at radius 1 is 1.57 bits per heavy atom. The summed E-state index contributed by atoms with van der Waals surface area (Å²) in [5, 5.41) is 9.88. The van der Waals surface area contributed by atoms with Crippen molar-refractivity contribution >= 4 is 17.4 Å². The Morgan fingerprint density at radius 3 is 2.71 bits per heavy atom. The fraction of sp³-hybridized carbons (Fsp3) is 0.125. The molecule has 0 aliphatic heterocycles. The molecular formula is C8H5ClFNO3. The summed E-state index contributed by atoms with van der Waals surface area (Å²) in [6, 6.07) is 3.31. The van der Waals surface area contributed by atoms with Gasteiger partial charge in [-0.2, -0.15) is 0 Å². The molecule has 0 radical (unpaired) electrons. The number of hydrogen-bond donors (Lipinski definition) is 0. The average Bonchev–Trinajstić information content (AvgIpc) is 2.08. The van der Waals surface area contributed by atoms with Crippen LogP contribution in [-0.4, -0.2) is 17.3 Å². The molecule has 14 heavy (non-hydrogen) atoms. The first kappa shape index (κ1) is 10.6. The first-order valence-electron chi connectivity index (χ1n) is 3.61. The van der Waals surface area contributed by atoms with Crippen LogP contribution in [-0.2, 0) is 0 Å². The number of hydrogen-bond acceptors (Lipinski definition) is 3. The SMILES string of the molecule is O=C(C[N+](=O)[O-])c1ccc(Cl)c(F)c1. The van der Waals surface area contributed by atoms with Crippen molar-refractivity contribution in [3.8, 4) is 0 Å². The maximum Gasteiger partial charge on any atom is 0.265 e. The molecule has 0 N–H and O–H groups in total. The molecule has 4 nitrogen and oxygen atoms in total. The van der Waals surface area contributed by atoms with Crippen LogP contribution in [0.4, 0.5) is 4.39 Å². The molecule has 0 heterocycles. The van der Waals surface area contributed by atoms with Crippen LogP contribution < -0.4 is 0 Å². The van der Waals surface area contributed by atoms with Gasteiger partial charge in [0.25, 0.3) is 6.54 Å². The van der Waals surface area contributed by atoms with Gasteiger partial charge in [0.1, 0.15) is 5.82 Å². The fourth-order valence-electron chi connectivity index (χ4n) is 0.878. The lowest BCUT2D eigenvalue weighted by Gasteiger charge is -1.97. The summed E-state index contributed by atoms with van der Waals surface area (Å²) in [7, 11) is 0. The minimum absolute atomic E-state index is 0.0522. The van der Waals surface area contributed by atoms with Gasteiger partial charge in [0, 0.05) is 10.5 Å². The van der Waals surface area contributed by atoms with E-state index in [-0.39, 0.29) is 10.6 Å². The first-order valence-corrected chi connectivity index (χ1v) is 3.98. The summed E-state index contributed by atoms with van der Waals surface area (Å²) < 4.78 is 12.8. The lowest BCUT2D eigenvalue weighted by atomic mass is 10.1. The quantitative estimate of drug-likeness (QED) is 0.442. The van der Waals surface area contributed by atoms with E-state index in [1.54, 1.807) is 0 Å². The van der Waals surface area contributed by atoms with Crippen LogP contribution in [0.2, 0.25) is 5.02 Å². The van der Waals surface area contributed by atoms with Gasteiger partial charge >= 0.3 is 0 Å². The van der Waals surface area contributed by atoms with Crippen molar-refractivity contribution in [2.75, 3.05) is 6.54 Å². The van der Waals surface area contributed by atoms with Crippen molar-refractivity contribution in [3.05, 3.63) is 44.7 Å². The van der Waals surface area contributed by atoms with Gasteiger partial charge in [-0.15, -0.1) is 0 Å². The second-order valence-electron chi connectivity index (χ2n) is 2.54. The molecule has 0 aliphatic carbocycles. The van der Waals surface area contributed by atoms with E-state index in [2.05, 4.69) is 0 Å². The molecule has 6 heteroatoms. The molecule has 74 valence electrons. The molecule has 0 amide bonds. The van der Waals surface area contributed by atoms with Gasteiger partial charge in [-0.25, -0.2) is 4.39 Å². The van der Waals surface area contributed by atoms with Crippen molar-refractivity contribution < 1.29 is 14.1 Å². The molecule has 1 rings (SSSR count). The molecule has 0 saturated heterocycles. The normalized spacial score (nSPS) is 9.86. The average molecular weight is 218 g/mol. The first-order chi connectivity index (χ1) is 6.50. The summed E-state index contributed by atoms with van der Waals surface area (Å²) in [6.45, 7) is -0.846. The monoisotopic (exact) mass is 217 g/mol. The second-order valence-corrected chi connectivity index (χ2v) is 2.95. The number of halogens is 2. The van der Waals surface area contributed by atoms with E-state index in [1.807, 2.05) is 0 Å². The Labute approximate surface area is 83.4 Å². The zero-order valence-corrected chi connectivity index (χ0v) is 7.62. The molecule has 0 saturated carbocycles. The Morgan fingerprint density at radius 2 is 2.21 bits per heavy atom. The van der Waals surface area contributed by atoms with Crippen molar-refractivity contribution in [3.63, 3.8) is 0 Å². The lowest BCUT2D eigenvalue weighted by molar-refractivity contribution is -0.465. The smallest absolute Gasteiger partial charge is 0.265 e. The highest BCUT2D eigenvalue weighted by molar-refractivity contribution is 6.30. The van der Waals surface area contributed by atoms with Crippen molar-refractivity contribution in [1.29, 1.82) is 0 Å². The van der Waals surface area contributed by atoms with Crippen LogP contribution >= 0.6 is 11.6 Å². The van der Waals surface area contributed by atoms with Gasteiger partial charge in [0.15, 0.2) is 0 Å². The number of carbonyl (C=O) groups is 1. The number of benzene rings is 1. The molecule has 0 aliphatic rings. The fourth-order valence-corrected chi connectivity index (χ4v) is 0.996. The predicted molar refractivity (Wildman–Crippen MR) is 47.6 cm³/mol. The topological polar surface area (TPSA) is 60.2 Å². The van der Waals surface area contributed by atoms with E-state index in [0.29, 0.717) is 0 Å². The molecule has 0 bridgehead atoms. The van der Waals surface area contributed by atoms with Gasteiger partial charge in [-0.3, -0.25) is 14.9 Å². The second kappa shape index (κ2) is 4.15. The molecule has 0 atom stereocenters. The lowest BCUT2D eigenvalue weighted by Crippen LogP contribution is -2.13. The van der Waals surface area contributed by atoms with E-state index >= 15 is 0 Å². The number of Topliss-reactive ketones (excluding diaryl/α,β-unsaturated/α-hetero) is 1. The maximum atomic E-state index is 12.8. The van der Waals surface area contributed by atoms with Gasteiger partial charge in [-0.05, 0) is 18.2 Å². The third-order valence-electron chi connectivity index (χ3n) is 1.51. The number of rotatable bonds is 3. The maximum absolute atomic E-state index is 12.8. The highest BCUT2D eigenvalue weighted by Gasteiger charge is 2.13. The summed E-state index contributed by atoms with van der Waals surface area (Å²) in [4.78, 5) is 20.3.